The van der Waals surface area contributed by atoms with Crippen LogP contribution in [-0.2, 0) is 4.79 Å². The van der Waals surface area contributed by atoms with E-state index < -0.39 is 24.5 Å². The van der Waals surface area contributed by atoms with Crippen molar-refractivity contribution in [2.75, 3.05) is 6.61 Å². The number of rotatable bonds is 4. The summed E-state index contributed by atoms with van der Waals surface area (Å²) in [5, 5.41) is 21.1. The molecule has 1 aromatic rings. The van der Waals surface area contributed by atoms with Crippen LogP contribution in [0.15, 0.2) is 11.4 Å². The number of hydrogen-bond acceptors (Lipinski definition) is 4. The second-order valence-electron chi connectivity index (χ2n) is 2.69. The first-order chi connectivity index (χ1) is 7.04. The second-order valence-corrected chi connectivity index (χ2v) is 5.49. The van der Waals surface area contributed by atoms with Gasteiger partial charge in [-0.3, -0.25) is 4.79 Å². The van der Waals surface area contributed by atoms with Crippen molar-refractivity contribution >= 4 is 45.8 Å². The lowest BCUT2D eigenvalue weighted by atomic mass is 10.2. The monoisotopic (exact) mass is 341 g/mol. The number of carbonyl (C=O) groups is 2. The molecule has 0 aliphatic rings. The standard InChI is InChI=1S/C8H8INO4S/c9-6-1-4(3-15-6)7(12)10-5(2-11)8(13)14/h1,3,5,11H,2H2,(H,10,12)(H,13,14)/t5-/m1/s1. The molecule has 1 amide bonds. The first kappa shape index (κ1) is 12.4. The Hall–Kier alpha value is -0.670. The number of carboxylic acid groups (broad SMARTS) is 1. The Labute approximate surface area is 103 Å². The Balaban J connectivity index is 2.66. The number of amides is 1. The van der Waals surface area contributed by atoms with Gasteiger partial charge < -0.3 is 15.5 Å². The summed E-state index contributed by atoms with van der Waals surface area (Å²) in [7, 11) is 0. The highest BCUT2D eigenvalue weighted by Gasteiger charge is 2.19. The number of aliphatic hydroxyl groups excluding tert-OH is 1. The van der Waals surface area contributed by atoms with Gasteiger partial charge in [0.05, 0.1) is 15.1 Å². The van der Waals surface area contributed by atoms with Gasteiger partial charge >= 0.3 is 5.97 Å². The molecule has 0 aromatic carbocycles. The topological polar surface area (TPSA) is 86.6 Å². The van der Waals surface area contributed by atoms with Crippen LogP contribution in [0, 0.1) is 2.88 Å². The summed E-state index contributed by atoms with van der Waals surface area (Å²) in [5.41, 5.74) is 0.407. The third kappa shape index (κ3) is 3.43. The van der Waals surface area contributed by atoms with Crippen LogP contribution >= 0.6 is 33.9 Å². The van der Waals surface area contributed by atoms with Gasteiger partial charge in [-0.1, -0.05) is 0 Å². The Morgan fingerprint density at radius 2 is 2.27 bits per heavy atom. The summed E-state index contributed by atoms with van der Waals surface area (Å²) < 4.78 is 0.939. The molecule has 0 bridgehead atoms. The highest BCUT2D eigenvalue weighted by molar-refractivity contribution is 14.1. The number of aliphatic hydroxyl groups is 1. The quantitative estimate of drug-likeness (QED) is 0.698. The summed E-state index contributed by atoms with van der Waals surface area (Å²) in [5.74, 6) is -1.74. The van der Waals surface area contributed by atoms with Gasteiger partial charge in [0.1, 0.15) is 0 Å². The number of thiophene rings is 1. The third-order valence-electron chi connectivity index (χ3n) is 1.62. The molecule has 0 saturated carbocycles. The van der Waals surface area contributed by atoms with Gasteiger partial charge in [0.25, 0.3) is 5.91 Å². The van der Waals surface area contributed by atoms with Crippen molar-refractivity contribution in [1.82, 2.24) is 5.32 Å². The van der Waals surface area contributed by atoms with Crippen LogP contribution in [0.2, 0.25) is 0 Å². The van der Waals surface area contributed by atoms with E-state index in [4.69, 9.17) is 10.2 Å². The molecule has 1 aromatic heterocycles. The molecule has 0 radical (unpaired) electrons. The molecule has 82 valence electrons. The minimum absolute atomic E-state index is 0.407. The van der Waals surface area contributed by atoms with Crippen LogP contribution in [0.3, 0.4) is 0 Å². The van der Waals surface area contributed by atoms with E-state index in [0.29, 0.717) is 5.56 Å². The number of halogens is 1. The van der Waals surface area contributed by atoms with Crippen molar-refractivity contribution in [2.24, 2.45) is 0 Å². The number of hydrogen-bond donors (Lipinski definition) is 3. The molecule has 0 aliphatic heterocycles. The summed E-state index contributed by atoms with van der Waals surface area (Å²) >= 11 is 3.45. The van der Waals surface area contributed by atoms with Crippen molar-refractivity contribution in [2.45, 2.75) is 6.04 Å². The van der Waals surface area contributed by atoms with Crippen LogP contribution in [0.1, 0.15) is 10.4 Å². The van der Waals surface area contributed by atoms with Crippen molar-refractivity contribution < 1.29 is 19.8 Å². The highest BCUT2D eigenvalue weighted by Crippen LogP contribution is 2.16. The molecular formula is C8H8INO4S. The zero-order valence-electron chi connectivity index (χ0n) is 7.44. The fraction of sp³-hybridized carbons (Fsp3) is 0.250. The summed E-state index contributed by atoms with van der Waals surface area (Å²) in [6, 6.07) is 0.395. The van der Waals surface area contributed by atoms with Crippen molar-refractivity contribution in [3.05, 3.63) is 19.9 Å². The molecule has 7 heteroatoms. The van der Waals surface area contributed by atoms with Crippen LogP contribution in [0.5, 0.6) is 0 Å². The van der Waals surface area contributed by atoms with Gasteiger partial charge in [0.15, 0.2) is 6.04 Å². The number of nitrogens with one attached hydrogen (secondary N) is 1. The Morgan fingerprint density at radius 1 is 1.60 bits per heavy atom. The SMILES string of the molecule is O=C(N[C@H](CO)C(=O)O)c1csc(I)c1. The number of aliphatic carboxylic acids is 1. The lowest BCUT2D eigenvalue weighted by molar-refractivity contribution is -0.140. The summed E-state index contributed by atoms with van der Waals surface area (Å²) in [6.07, 6.45) is 0. The zero-order chi connectivity index (χ0) is 11.4. The van der Waals surface area contributed by atoms with Crippen LogP contribution in [0.25, 0.3) is 0 Å². The number of carbonyl (C=O) groups excluding carboxylic acids is 1. The van der Waals surface area contributed by atoms with E-state index >= 15 is 0 Å². The lowest BCUT2D eigenvalue weighted by Crippen LogP contribution is -2.43. The maximum absolute atomic E-state index is 11.4. The lowest BCUT2D eigenvalue weighted by Gasteiger charge is -2.10. The Bertz CT molecular complexity index is 378. The van der Waals surface area contributed by atoms with E-state index in [2.05, 4.69) is 27.9 Å². The van der Waals surface area contributed by atoms with Crippen molar-refractivity contribution in [3.63, 3.8) is 0 Å². The molecule has 0 spiro atoms. The fourth-order valence-corrected chi connectivity index (χ4v) is 2.18. The van der Waals surface area contributed by atoms with Gasteiger partial charge in [-0.15, -0.1) is 11.3 Å². The van der Waals surface area contributed by atoms with Gasteiger partial charge in [-0.2, -0.15) is 0 Å². The minimum Gasteiger partial charge on any atom is -0.480 e. The van der Waals surface area contributed by atoms with Crippen LogP contribution < -0.4 is 5.32 Å². The van der Waals surface area contributed by atoms with Gasteiger partial charge in [0, 0.05) is 5.38 Å². The maximum Gasteiger partial charge on any atom is 0.328 e. The molecule has 1 rings (SSSR count). The molecule has 1 atom stereocenters. The summed E-state index contributed by atoms with van der Waals surface area (Å²) in [6.45, 7) is -0.623. The highest BCUT2D eigenvalue weighted by atomic mass is 127. The molecule has 0 saturated heterocycles. The van der Waals surface area contributed by atoms with Crippen LogP contribution in [0.4, 0.5) is 0 Å². The van der Waals surface area contributed by atoms with E-state index in [1.165, 1.54) is 11.3 Å². The van der Waals surface area contributed by atoms with E-state index in [0.717, 1.165) is 2.88 Å². The Kier molecular flexibility index (Phi) is 4.48. The zero-order valence-corrected chi connectivity index (χ0v) is 10.4. The van der Waals surface area contributed by atoms with Crippen molar-refractivity contribution in [3.8, 4) is 0 Å². The van der Waals surface area contributed by atoms with E-state index in [9.17, 15) is 9.59 Å². The van der Waals surface area contributed by atoms with Gasteiger partial charge in [-0.25, -0.2) is 4.79 Å². The average Bonchev–Trinajstić information content (AvgIpc) is 2.60. The maximum atomic E-state index is 11.4. The van der Waals surface area contributed by atoms with Gasteiger partial charge in [-0.05, 0) is 28.7 Å². The smallest absolute Gasteiger partial charge is 0.328 e. The largest absolute Gasteiger partial charge is 0.480 e. The van der Waals surface area contributed by atoms with Crippen LogP contribution in [-0.4, -0.2) is 34.7 Å². The first-order valence-corrected chi connectivity index (χ1v) is 5.89. The molecule has 5 nitrogen and oxygen atoms in total. The molecule has 1 heterocycles. The van der Waals surface area contributed by atoms with Gasteiger partial charge in [0.2, 0.25) is 0 Å². The predicted molar refractivity (Wildman–Crippen MR) is 63.0 cm³/mol. The molecule has 0 aliphatic carbocycles. The van der Waals surface area contributed by atoms with E-state index in [1.807, 2.05) is 0 Å². The molecule has 0 fully saturated rings. The minimum atomic E-state index is -1.25. The normalized spacial score (nSPS) is 12.1. The average molecular weight is 341 g/mol. The molecule has 15 heavy (non-hydrogen) atoms. The summed E-state index contributed by atoms with van der Waals surface area (Å²) in [4.78, 5) is 22.0. The van der Waals surface area contributed by atoms with E-state index in [1.54, 1.807) is 11.4 Å². The predicted octanol–water partition coefficient (Wildman–Crippen LogP) is 0.528. The Morgan fingerprint density at radius 3 is 2.67 bits per heavy atom. The molecule has 0 unspecified atom stereocenters. The first-order valence-electron chi connectivity index (χ1n) is 3.93. The van der Waals surface area contributed by atoms with E-state index in [-0.39, 0.29) is 0 Å². The fourth-order valence-electron chi connectivity index (χ4n) is 0.856. The molecule has 3 N–H and O–H groups in total. The second kappa shape index (κ2) is 5.42. The third-order valence-corrected chi connectivity index (χ3v) is 3.40. The van der Waals surface area contributed by atoms with Crippen molar-refractivity contribution in [1.29, 1.82) is 0 Å². The molecular weight excluding hydrogens is 333 g/mol. The number of carboxylic acids is 1.